The van der Waals surface area contributed by atoms with E-state index in [4.69, 9.17) is 5.73 Å². The zero-order chi connectivity index (χ0) is 14.4. The third-order valence-electron chi connectivity index (χ3n) is 5.54. The van der Waals surface area contributed by atoms with Crippen LogP contribution in [0, 0.1) is 11.3 Å². The minimum atomic E-state index is -0.269. The van der Waals surface area contributed by atoms with E-state index in [0.717, 1.165) is 44.4 Å². The van der Waals surface area contributed by atoms with Crippen molar-refractivity contribution in [1.82, 2.24) is 5.32 Å². The Morgan fingerprint density at radius 2 is 1.60 bits per heavy atom. The molecular formula is C17H32N2O. The zero-order valence-electron chi connectivity index (χ0n) is 13.1. The van der Waals surface area contributed by atoms with Gasteiger partial charge in [-0.05, 0) is 44.4 Å². The zero-order valence-corrected chi connectivity index (χ0v) is 13.1. The maximum Gasteiger partial charge on any atom is 0.227 e. The lowest BCUT2D eigenvalue weighted by Gasteiger charge is -2.38. The van der Waals surface area contributed by atoms with Crippen LogP contribution in [0.1, 0.15) is 77.6 Å². The summed E-state index contributed by atoms with van der Waals surface area (Å²) in [5.41, 5.74) is 5.72. The van der Waals surface area contributed by atoms with Gasteiger partial charge in [0.15, 0.2) is 0 Å². The van der Waals surface area contributed by atoms with Gasteiger partial charge in [0, 0.05) is 12.6 Å². The fraction of sp³-hybridized carbons (Fsp3) is 0.941. The van der Waals surface area contributed by atoms with Crippen molar-refractivity contribution in [2.24, 2.45) is 17.1 Å². The first-order valence-electron chi connectivity index (χ1n) is 8.67. The third-order valence-corrected chi connectivity index (χ3v) is 5.54. The molecule has 0 spiro atoms. The second-order valence-electron chi connectivity index (χ2n) is 7.18. The van der Waals surface area contributed by atoms with Gasteiger partial charge in [-0.1, -0.05) is 39.0 Å². The van der Waals surface area contributed by atoms with E-state index >= 15 is 0 Å². The maximum atomic E-state index is 12.7. The highest BCUT2D eigenvalue weighted by molar-refractivity contribution is 5.83. The number of hydrogen-bond acceptors (Lipinski definition) is 2. The Morgan fingerprint density at radius 3 is 2.15 bits per heavy atom. The molecule has 2 aliphatic carbocycles. The Hall–Kier alpha value is -0.570. The second-order valence-corrected chi connectivity index (χ2v) is 7.18. The van der Waals surface area contributed by atoms with Crippen LogP contribution in [-0.2, 0) is 4.79 Å². The van der Waals surface area contributed by atoms with E-state index < -0.39 is 0 Å². The van der Waals surface area contributed by atoms with Gasteiger partial charge in [0.2, 0.25) is 5.91 Å². The van der Waals surface area contributed by atoms with Gasteiger partial charge in [0.1, 0.15) is 0 Å². The molecule has 0 aromatic rings. The molecule has 2 fully saturated rings. The summed E-state index contributed by atoms with van der Waals surface area (Å²) in [6.07, 6.45) is 13.1. The van der Waals surface area contributed by atoms with Crippen molar-refractivity contribution >= 4 is 5.91 Å². The third kappa shape index (κ3) is 3.97. The van der Waals surface area contributed by atoms with Crippen molar-refractivity contribution in [3.05, 3.63) is 0 Å². The van der Waals surface area contributed by atoms with Gasteiger partial charge >= 0.3 is 0 Å². The molecule has 3 nitrogen and oxygen atoms in total. The van der Waals surface area contributed by atoms with Gasteiger partial charge in [-0.15, -0.1) is 0 Å². The Labute approximate surface area is 124 Å². The van der Waals surface area contributed by atoms with Crippen molar-refractivity contribution < 1.29 is 4.79 Å². The molecule has 1 amide bonds. The quantitative estimate of drug-likeness (QED) is 0.832. The lowest BCUT2D eigenvalue weighted by atomic mass is 9.70. The number of carbonyl (C=O) groups is 1. The molecule has 0 aromatic heterocycles. The first-order valence-corrected chi connectivity index (χ1v) is 8.67. The van der Waals surface area contributed by atoms with E-state index in [9.17, 15) is 4.79 Å². The van der Waals surface area contributed by atoms with Crippen LogP contribution in [0.15, 0.2) is 0 Å². The van der Waals surface area contributed by atoms with E-state index in [2.05, 4.69) is 12.2 Å². The molecule has 0 radical (unpaired) electrons. The minimum absolute atomic E-state index is 0.248. The van der Waals surface area contributed by atoms with Crippen LogP contribution in [0.3, 0.4) is 0 Å². The topological polar surface area (TPSA) is 55.1 Å². The highest BCUT2D eigenvalue weighted by Crippen LogP contribution is 2.38. The molecule has 116 valence electrons. The van der Waals surface area contributed by atoms with Crippen LogP contribution >= 0.6 is 0 Å². The van der Waals surface area contributed by atoms with Crippen molar-refractivity contribution in [2.45, 2.75) is 83.6 Å². The molecule has 0 aliphatic heterocycles. The van der Waals surface area contributed by atoms with Crippen LogP contribution in [0.2, 0.25) is 0 Å². The minimum Gasteiger partial charge on any atom is -0.353 e. The molecule has 0 saturated heterocycles. The summed E-state index contributed by atoms with van der Waals surface area (Å²) in [6, 6.07) is 0.394. The van der Waals surface area contributed by atoms with Gasteiger partial charge < -0.3 is 11.1 Å². The fourth-order valence-corrected chi connectivity index (χ4v) is 3.78. The van der Waals surface area contributed by atoms with Crippen LogP contribution in [0.4, 0.5) is 0 Å². The number of hydrogen-bond donors (Lipinski definition) is 2. The van der Waals surface area contributed by atoms with Crippen LogP contribution in [0.5, 0.6) is 0 Å². The summed E-state index contributed by atoms with van der Waals surface area (Å²) in [4.78, 5) is 12.7. The van der Waals surface area contributed by atoms with Crippen molar-refractivity contribution in [3.8, 4) is 0 Å². The summed E-state index contributed by atoms with van der Waals surface area (Å²) in [6.45, 7) is 2.80. The summed E-state index contributed by atoms with van der Waals surface area (Å²) >= 11 is 0. The number of nitrogens with one attached hydrogen (secondary N) is 1. The van der Waals surface area contributed by atoms with Gasteiger partial charge in [-0.25, -0.2) is 0 Å². The lowest BCUT2D eigenvalue weighted by molar-refractivity contribution is -0.133. The number of rotatable bonds is 3. The summed E-state index contributed by atoms with van der Waals surface area (Å²) < 4.78 is 0. The Kier molecular flexibility index (Phi) is 5.88. The molecule has 0 atom stereocenters. The van der Waals surface area contributed by atoms with Crippen LogP contribution < -0.4 is 11.1 Å². The largest absolute Gasteiger partial charge is 0.353 e. The number of carbonyl (C=O) groups excluding carboxylic acids is 1. The van der Waals surface area contributed by atoms with Crippen molar-refractivity contribution in [2.75, 3.05) is 6.54 Å². The molecule has 2 saturated carbocycles. The normalized spacial score (nSPS) is 33.2. The van der Waals surface area contributed by atoms with Crippen molar-refractivity contribution in [1.29, 1.82) is 0 Å². The maximum absolute atomic E-state index is 12.7. The molecule has 0 bridgehead atoms. The molecule has 3 N–H and O–H groups in total. The standard InChI is InChI=1S/C17H32N2O/c1-14-9-11-17(13-18,12-10-14)16(20)19-15-7-5-3-2-4-6-8-15/h14-15H,2-13,18H2,1H3,(H,19,20). The van der Waals surface area contributed by atoms with Gasteiger partial charge in [0.05, 0.1) is 5.41 Å². The summed E-state index contributed by atoms with van der Waals surface area (Å²) in [5, 5.41) is 3.34. The van der Waals surface area contributed by atoms with Gasteiger partial charge in [-0.3, -0.25) is 4.79 Å². The highest BCUT2D eigenvalue weighted by atomic mass is 16.2. The SMILES string of the molecule is CC1CCC(CN)(C(=O)NC2CCCCCCC2)CC1. The van der Waals surface area contributed by atoms with Crippen LogP contribution in [-0.4, -0.2) is 18.5 Å². The molecule has 0 unspecified atom stereocenters. The summed E-state index contributed by atoms with van der Waals surface area (Å²) in [5.74, 6) is 1.00. The van der Waals surface area contributed by atoms with E-state index in [1.165, 1.54) is 32.1 Å². The number of nitrogens with two attached hydrogens (primary N) is 1. The Morgan fingerprint density at radius 1 is 1.05 bits per heavy atom. The average Bonchev–Trinajstić information content (AvgIpc) is 2.43. The molecule has 0 heterocycles. The van der Waals surface area contributed by atoms with Crippen LogP contribution in [0.25, 0.3) is 0 Å². The first-order chi connectivity index (χ1) is 9.66. The van der Waals surface area contributed by atoms with Gasteiger partial charge in [-0.2, -0.15) is 0 Å². The molecule has 3 heteroatoms. The Bertz CT molecular complexity index is 300. The van der Waals surface area contributed by atoms with E-state index in [1.807, 2.05) is 0 Å². The van der Waals surface area contributed by atoms with Gasteiger partial charge in [0.25, 0.3) is 0 Å². The molecule has 20 heavy (non-hydrogen) atoms. The smallest absolute Gasteiger partial charge is 0.227 e. The predicted octanol–water partition coefficient (Wildman–Crippen LogP) is 3.37. The molecule has 0 aromatic carbocycles. The lowest BCUT2D eigenvalue weighted by Crippen LogP contribution is -2.50. The summed E-state index contributed by atoms with van der Waals surface area (Å²) in [7, 11) is 0. The second kappa shape index (κ2) is 7.44. The van der Waals surface area contributed by atoms with Crippen molar-refractivity contribution in [3.63, 3.8) is 0 Å². The molecule has 2 rings (SSSR count). The average molecular weight is 280 g/mol. The van der Waals surface area contributed by atoms with E-state index in [0.29, 0.717) is 12.6 Å². The van der Waals surface area contributed by atoms with E-state index in [1.54, 1.807) is 0 Å². The molecular weight excluding hydrogens is 248 g/mol. The number of amides is 1. The predicted molar refractivity (Wildman–Crippen MR) is 83.4 cm³/mol. The highest BCUT2D eigenvalue weighted by Gasteiger charge is 2.40. The van der Waals surface area contributed by atoms with E-state index in [-0.39, 0.29) is 11.3 Å². The monoisotopic (exact) mass is 280 g/mol. The fourth-order valence-electron chi connectivity index (χ4n) is 3.78. The molecule has 2 aliphatic rings. The first kappa shape index (κ1) is 15.8. The Balaban J connectivity index is 1.91.